The van der Waals surface area contributed by atoms with E-state index >= 15 is 0 Å². The number of benzene rings is 1. The molecule has 0 aliphatic heterocycles. The second-order valence-electron chi connectivity index (χ2n) is 5.90. The minimum Gasteiger partial charge on any atom is -0.122 e. The zero-order chi connectivity index (χ0) is 14.5. The SMILES string of the molecule is CC.Cc1cc(C(C)(C)C)c(CCl)cc1C(C)C. The molecule has 0 N–H and O–H groups in total. The molecule has 18 heavy (non-hydrogen) atoms. The highest BCUT2D eigenvalue weighted by Crippen LogP contribution is 2.31. The molecular weight excluding hydrogens is 240 g/mol. The molecule has 0 nitrogen and oxygen atoms in total. The number of halogens is 1. The summed E-state index contributed by atoms with van der Waals surface area (Å²) in [5.74, 6) is 1.17. The monoisotopic (exact) mass is 268 g/mol. The molecule has 0 heterocycles. The molecule has 0 aliphatic rings. The fourth-order valence-corrected chi connectivity index (χ4v) is 2.42. The highest BCUT2D eigenvalue weighted by atomic mass is 35.5. The summed E-state index contributed by atoms with van der Waals surface area (Å²) in [6, 6.07) is 4.60. The van der Waals surface area contributed by atoms with E-state index in [1.165, 1.54) is 22.3 Å². The summed E-state index contributed by atoms with van der Waals surface area (Å²) in [5, 5.41) is 0. The van der Waals surface area contributed by atoms with Crippen LogP contribution in [-0.4, -0.2) is 0 Å². The third kappa shape index (κ3) is 4.31. The number of hydrogen-bond acceptors (Lipinski definition) is 0. The molecule has 0 aliphatic carbocycles. The van der Waals surface area contributed by atoms with E-state index in [0.717, 1.165) is 0 Å². The third-order valence-corrected chi connectivity index (χ3v) is 3.35. The first-order valence-corrected chi connectivity index (χ1v) is 7.50. The van der Waals surface area contributed by atoms with Gasteiger partial charge in [0.05, 0.1) is 0 Å². The summed E-state index contributed by atoms with van der Waals surface area (Å²) in [5.41, 5.74) is 5.63. The molecule has 1 aromatic rings. The predicted molar refractivity (Wildman–Crippen MR) is 84.9 cm³/mol. The van der Waals surface area contributed by atoms with E-state index in [1.54, 1.807) is 0 Å². The fourth-order valence-electron chi connectivity index (χ4n) is 2.20. The van der Waals surface area contributed by atoms with Crippen molar-refractivity contribution < 1.29 is 0 Å². The fraction of sp³-hybridized carbons (Fsp3) is 0.647. The molecule has 0 atom stereocenters. The Balaban J connectivity index is 0.00000137. The molecule has 1 heteroatoms. The number of alkyl halides is 1. The predicted octanol–water partition coefficient (Wildman–Crippen LogP) is 6.18. The summed E-state index contributed by atoms with van der Waals surface area (Å²) in [4.78, 5) is 0. The lowest BCUT2D eigenvalue weighted by Crippen LogP contribution is -2.15. The Labute approximate surface area is 119 Å². The Morgan fingerprint density at radius 3 is 1.94 bits per heavy atom. The van der Waals surface area contributed by atoms with Crippen LogP contribution >= 0.6 is 11.6 Å². The topological polar surface area (TPSA) is 0 Å². The normalized spacial score (nSPS) is 11.2. The minimum atomic E-state index is 0.171. The molecule has 0 radical (unpaired) electrons. The minimum absolute atomic E-state index is 0.171. The Morgan fingerprint density at radius 2 is 1.61 bits per heavy atom. The van der Waals surface area contributed by atoms with Crippen LogP contribution in [0.4, 0.5) is 0 Å². The van der Waals surface area contributed by atoms with E-state index in [0.29, 0.717) is 11.8 Å². The van der Waals surface area contributed by atoms with Crippen LogP contribution in [0.5, 0.6) is 0 Å². The highest BCUT2D eigenvalue weighted by molar-refractivity contribution is 6.17. The van der Waals surface area contributed by atoms with Gasteiger partial charge >= 0.3 is 0 Å². The Morgan fingerprint density at radius 1 is 1.11 bits per heavy atom. The highest BCUT2D eigenvalue weighted by Gasteiger charge is 2.19. The lowest BCUT2D eigenvalue weighted by molar-refractivity contribution is 0.584. The molecule has 0 amide bonds. The maximum Gasteiger partial charge on any atom is 0.0477 e. The second-order valence-corrected chi connectivity index (χ2v) is 6.17. The van der Waals surface area contributed by atoms with Gasteiger partial charge in [0.15, 0.2) is 0 Å². The van der Waals surface area contributed by atoms with Crippen molar-refractivity contribution >= 4 is 11.6 Å². The average molecular weight is 269 g/mol. The average Bonchev–Trinajstić information content (AvgIpc) is 2.29. The molecule has 1 rings (SSSR count). The lowest BCUT2D eigenvalue weighted by Gasteiger charge is -2.25. The lowest BCUT2D eigenvalue weighted by atomic mass is 9.81. The third-order valence-electron chi connectivity index (χ3n) is 3.07. The Bertz CT molecular complexity index is 370. The van der Waals surface area contributed by atoms with E-state index < -0.39 is 0 Å². The smallest absolute Gasteiger partial charge is 0.0477 e. The van der Waals surface area contributed by atoms with Gasteiger partial charge in [-0.1, -0.05) is 60.6 Å². The van der Waals surface area contributed by atoms with Crippen LogP contribution in [0.2, 0.25) is 0 Å². The quantitative estimate of drug-likeness (QED) is 0.562. The molecule has 104 valence electrons. The van der Waals surface area contributed by atoms with Crippen LogP contribution in [0.1, 0.15) is 76.6 Å². The van der Waals surface area contributed by atoms with Crippen LogP contribution in [0.3, 0.4) is 0 Å². The first-order valence-electron chi connectivity index (χ1n) is 6.97. The summed E-state index contributed by atoms with van der Waals surface area (Å²) in [7, 11) is 0. The summed E-state index contributed by atoms with van der Waals surface area (Å²) < 4.78 is 0. The van der Waals surface area contributed by atoms with Gasteiger partial charge in [0.2, 0.25) is 0 Å². The second kappa shape index (κ2) is 7.19. The van der Waals surface area contributed by atoms with Crippen LogP contribution in [0, 0.1) is 6.92 Å². The van der Waals surface area contributed by atoms with Crippen molar-refractivity contribution in [1.29, 1.82) is 0 Å². The van der Waals surface area contributed by atoms with Crippen molar-refractivity contribution in [3.05, 3.63) is 34.4 Å². The van der Waals surface area contributed by atoms with Crippen LogP contribution < -0.4 is 0 Å². The molecule has 0 unspecified atom stereocenters. The molecule has 0 aromatic heterocycles. The van der Waals surface area contributed by atoms with Gasteiger partial charge in [0.1, 0.15) is 0 Å². The van der Waals surface area contributed by atoms with Gasteiger partial charge in [0.25, 0.3) is 0 Å². The molecule has 0 bridgehead atoms. The maximum absolute atomic E-state index is 6.07. The van der Waals surface area contributed by atoms with Crippen molar-refractivity contribution in [2.24, 2.45) is 0 Å². The van der Waals surface area contributed by atoms with E-state index in [9.17, 15) is 0 Å². The van der Waals surface area contributed by atoms with Crippen LogP contribution in [0.25, 0.3) is 0 Å². The summed E-state index contributed by atoms with van der Waals surface area (Å²) in [6.07, 6.45) is 0. The van der Waals surface area contributed by atoms with Gasteiger partial charge in [-0.2, -0.15) is 0 Å². The number of rotatable bonds is 2. The molecule has 0 saturated carbocycles. The largest absolute Gasteiger partial charge is 0.122 e. The van der Waals surface area contributed by atoms with Gasteiger partial charge in [-0.3, -0.25) is 0 Å². The Kier molecular flexibility index (Phi) is 6.99. The summed E-state index contributed by atoms with van der Waals surface area (Å²) >= 11 is 6.07. The van der Waals surface area contributed by atoms with Crippen LogP contribution in [-0.2, 0) is 11.3 Å². The van der Waals surface area contributed by atoms with E-state index in [4.69, 9.17) is 11.6 Å². The maximum atomic E-state index is 6.07. The molecule has 0 saturated heterocycles. The van der Waals surface area contributed by atoms with Gasteiger partial charge < -0.3 is 0 Å². The van der Waals surface area contributed by atoms with Crippen molar-refractivity contribution in [3.63, 3.8) is 0 Å². The standard InChI is InChI=1S/C15H23Cl.C2H6/c1-10(2)13-8-12(9-16)14(7-11(13)3)15(4,5)6;1-2/h7-8,10H,9H2,1-6H3;1-2H3. The van der Waals surface area contributed by atoms with E-state index in [1.807, 2.05) is 13.8 Å². The van der Waals surface area contributed by atoms with Gasteiger partial charge in [-0.15, -0.1) is 11.6 Å². The van der Waals surface area contributed by atoms with Crippen molar-refractivity contribution in [1.82, 2.24) is 0 Å². The Hall–Kier alpha value is -0.490. The molecular formula is C17H29Cl. The first-order chi connectivity index (χ1) is 8.27. The van der Waals surface area contributed by atoms with E-state index in [-0.39, 0.29) is 5.41 Å². The van der Waals surface area contributed by atoms with Crippen molar-refractivity contribution in [2.75, 3.05) is 0 Å². The number of aryl methyl sites for hydroxylation is 1. The number of hydrogen-bond donors (Lipinski definition) is 0. The zero-order valence-electron chi connectivity index (χ0n) is 13.3. The van der Waals surface area contributed by atoms with Crippen LogP contribution in [0.15, 0.2) is 12.1 Å². The molecule has 1 aromatic carbocycles. The van der Waals surface area contributed by atoms with Crippen molar-refractivity contribution in [2.45, 2.75) is 72.6 Å². The zero-order valence-corrected chi connectivity index (χ0v) is 14.1. The summed E-state index contributed by atoms with van der Waals surface area (Å²) in [6.45, 7) is 17.4. The van der Waals surface area contributed by atoms with E-state index in [2.05, 4.69) is 53.7 Å². The van der Waals surface area contributed by atoms with Gasteiger partial charge in [-0.25, -0.2) is 0 Å². The first kappa shape index (κ1) is 17.5. The van der Waals surface area contributed by atoms with Crippen molar-refractivity contribution in [3.8, 4) is 0 Å². The van der Waals surface area contributed by atoms with Gasteiger partial charge in [0, 0.05) is 5.88 Å². The molecule has 0 spiro atoms. The molecule has 0 fully saturated rings. The van der Waals surface area contributed by atoms with Gasteiger partial charge in [-0.05, 0) is 40.5 Å².